The number of hydrogen-bond acceptors (Lipinski definition) is 5. The summed E-state index contributed by atoms with van der Waals surface area (Å²) in [6, 6.07) is 0. The third-order valence-corrected chi connectivity index (χ3v) is 2.44. The molecule has 1 fully saturated rings. The number of aliphatic hydroxyl groups excluding tert-OH is 3. The Morgan fingerprint density at radius 2 is 1.93 bits per heavy atom. The van der Waals surface area contributed by atoms with Gasteiger partial charge in [-0.3, -0.25) is 0 Å². The molecule has 4 N–H and O–H groups in total. The second-order valence-electron chi connectivity index (χ2n) is 3.59. The van der Waals surface area contributed by atoms with Crippen LogP contribution in [-0.2, 0) is 4.74 Å². The highest BCUT2D eigenvalue weighted by atomic mass is 16.7. The molecular weight excluding hydrogens is 188 g/mol. The standard InChI is InChI=1S/C9H16O5/c1-3-4-9(13)8(12)7(11)6(10)5(2)14-9/h3,5-8,10-13H,1,4H2,2H3/t5-,6-,7+,8+,9?/m1/s1. The van der Waals surface area contributed by atoms with Gasteiger partial charge >= 0.3 is 0 Å². The second-order valence-corrected chi connectivity index (χ2v) is 3.59. The largest absolute Gasteiger partial charge is 0.388 e. The molecule has 1 saturated heterocycles. The van der Waals surface area contributed by atoms with Crippen LogP contribution < -0.4 is 0 Å². The average Bonchev–Trinajstić information content (AvgIpc) is 2.12. The highest BCUT2D eigenvalue weighted by Gasteiger charge is 2.50. The second kappa shape index (κ2) is 3.96. The fourth-order valence-corrected chi connectivity index (χ4v) is 1.57. The molecule has 82 valence electrons. The molecule has 0 bridgehead atoms. The molecule has 1 aliphatic rings. The molecule has 5 heteroatoms. The highest BCUT2D eigenvalue weighted by molar-refractivity contribution is 4.97. The van der Waals surface area contributed by atoms with Crippen molar-refractivity contribution in [2.75, 3.05) is 0 Å². The number of rotatable bonds is 2. The normalized spacial score (nSPS) is 48.9. The van der Waals surface area contributed by atoms with Crippen molar-refractivity contribution in [2.45, 2.75) is 43.5 Å². The predicted octanol–water partition coefficient (Wildman–Crippen LogP) is -1.25. The molecule has 0 aromatic carbocycles. The smallest absolute Gasteiger partial charge is 0.198 e. The molecule has 1 rings (SSSR count). The summed E-state index contributed by atoms with van der Waals surface area (Å²) in [6.07, 6.45) is -3.52. The molecule has 1 aliphatic heterocycles. The van der Waals surface area contributed by atoms with Crippen molar-refractivity contribution >= 4 is 0 Å². The van der Waals surface area contributed by atoms with Gasteiger partial charge in [0.2, 0.25) is 0 Å². The van der Waals surface area contributed by atoms with Gasteiger partial charge < -0.3 is 25.2 Å². The van der Waals surface area contributed by atoms with E-state index in [2.05, 4.69) is 6.58 Å². The van der Waals surface area contributed by atoms with Gasteiger partial charge in [0.15, 0.2) is 5.79 Å². The molecule has 0 aromatic heterocycles. The Kier molecular flexibility index (Phi) is 3.28. The fourth-order valence-electron chi connectivity index (χ4n) is 1.57. The molecule has 1 heterocycles. The molecule has 5 atom stereocenters. The van der Waals surface area contributed by atoms with Gasteiger partial charge in [-0.05, 0) is 6.92 Å². The zero-order valence-corrected chi connectivity index (χ0v) is 8.00. The van der Waals surface area contributed by atoms with E-state index in [4.69, 9.17) is 4.74 Å². The van der Waals surface area contributed by atoms with Gasteiger partial charge in [0.25, 0.3) is 0 Å². The molecule has 14 heavy (non-hydrogen) atoms. The minimum Gasteiger partial charge on any atom is -0.388 e. The van der Waals surface area contributed by atoms with Crippen LogP contribution in [0, 0.1) is 0 Å². The summed E-state index contributed by atoms with van der Waals surface area (Å²) in [6.45, 7) is 4.92. The lowest BCUT2D eigenvalue weighted by Crippen LogP contribution is -2.63. The first kappa shape index (κ1) is 11.6. The lowest BCUT2D eigenvalue weighted by molar-refractivity contribution is -0.340. The van der Waals surface area contributed by atoms with E-state index in [0.717, 1.165) is 0 Å². The lowest BCUT2D eigenvalue weighted by atomic mass is 9.91. The van der Waals surface area contributed by atoms with E-state index in [9.17, 15) is 20.4 Å². The van der Waals surface area contributed by atoms with E-state index in [1.54, 1.807) is 0 Å². The Morgan fingerprint density at radius 1 is 1.36 bits per heavy atom. The van der Waals surface area contributed by atoms with Crippen LogP contribution in [-0.4, -0.2) is 50.6 Å². The van der Waals surface area contributed by atoms with Crippen LogP contribution in [0.5, 0.6) is 0 Å². The van der Waals surface area contributed by atoms with E-state index in [-0.39, 0.29) is 6.42 Å². The monoisotopic (exact) mass is 204 g/mol. The molecule has 1 unspecified atom stereocenters. The topological polar surface area (TPSA) is 90.2 Å². The summed E-state index contributed by atoms with van der Waals surface area (Å²) in [5, 5.41) is 38.0. The third-order valence-electron chi connectivity index (χ3n) is 2.44. The van der Waals surface area contributed by atoms with Crippen molar-refractivity contribution in [1.82, 2.24) is 0 Å². The third kappa shape index (κ3) is 1.82. The van der Waals surface area contributed by atoms with Crippen LogP contribution in [0.1, 0.15) is 13.3 Å². The van der Waals surface area contributed by atoms with Crippen LogP contribution in [0.2, 0.25) is 0 Å². The maximum Gasteiger partial charge on any atom is 0.198 e. The summed E-state index contributed by atoms with van der Waals surface area (Å²) < 4.78 is 5.03. The molecule has 0 aromatic rings. The van der Waals surface area contributed by atoms with Crippen molar-refractivity contribution in [3.8, 4) is 0 Å². The molecule has 0 amide bonds. The summed E-state index contributed by atoms with van der Waals surface area (Å²) in [7, 11) is 0. The number of hydrogen-bond donors (Lipinski definition) is 4. The van der Waals surface area contributed by atoms with Crippen LogP contribution in [0.25, 0.3) is 0 Å². The first-order chi connectivity index (χ1) is 6.42. The van der Waals surface area contributed by atoms with Gasteiger partial charge in [0.05, 0.1) is 6.10 Å². The van der Waals surface area contributed by atoms with Crippen molar-refractivity contribution in [1.29, 1.82) is 0 Å². The van der Waals surface area contributed by atoms with Crippen LogP contribution in [0.15, 0.2) is 12.7 Å². The van der Waals surface area contributed by atoms with E-state index in [0.29, 0.717) is 0 Å². The maximum absolute atomic E-state index is 9.78. The first-order valence-corrected chi connectivity index (χ1v) is 4.47. The van der Waals surface area contributed by atoms with Gasteiger partial charge in [-0.25, -0.2) is 0 Å². The predicted molar refractivity (Wildman–Crippen MR) is 48.3 cm³/mol. The quantitative estimate of drug-likeness (QED) is 0.422. The van der Waals surface area contributed by atoms with E-state index in [1.807, 2.05) is 0 Å². The SMILES string of the molecule is C=CCC1(O)O[C@H](C)[C@@H](O)[C@H](O)[C@@H]1O. The fraction of sp³-hybridized carbons (Fsp3) is 0.778. The number of ether oxygens (including phenoxy) is 1. The molecule has 5 nitrogen and oxygen atoms in total. The Labute approximate surface area is 82.3 Å². The summed E-state index contributed by atoms with van der Waals surface area (Å²) in [4.78, 5) is 0. The Balaban J connectivity index is 2.84. The van der Waals surface area contributed by atoms with E-state index < -0.39 is 30.2 Å². The molecule has 0 spiro atoms. The van der Waals surface area contributed by atoms with Crippen molar-refractivity contribution in [2.24, 2.45) is 0 Å². The molecule has 0 aliphatic carbocycles. The van der Waals surface area contributed by atoms with Gasteiger partial charge in [0.1, 0.15) is 18.3 Å². The minimum atomic E-state index is -1.86. The molecule has 0 saturated carbocycles. The average molecular weight is 204 g/mol. The Hall–Kier alpha value is -0.460. The lowest BCUT2D eigenvalue weighted by Gasteiger charge is -2.44. The van der Waals surface area contributed by atoms with Crippen LogP contribution >= 0.6 is 0 Å². The van der Waals surface area contributed by atoms with Crippen molar-refractivity contribution in [3.63, 3.8) is 0 Å². The first-order valence-electron chi connectivity index (χ1n) is 4.47. The Bertz CT molecular complexity index is 219. The molecular formula is C9H16O5. The van der Waals surface area contributed by atoms with Gasteiger partial charge in [0, 0.05) is 6.42 Å². The zero-order valence-electron chi connectivity index (χ0n) is 8.00. The summed E-state index contributed by atoms with van der Waals surface area (Å²) in [5.41, 5.74) is 0. The van der Waals surface area contributed by atoms with Crippen molar-refractivity contribution in [3.05, 3.63) is 12.7 Å². The highest BCUT2D eigenvalue weighted by Crippen LogP contribution is 2.30. The minimum absolute atomic E-state index is 0.0116. The van der Waals surface area contributed by atoms with E-state index in [1.165, 1.54) is 13.0 Å². The van der Waals surface area contributed by atoms with Gasteiger partial charge in [-0.15, -0.1) is 6.58 Å². The maximum atomic E-state index is 9.78. The number of aliphatic hydroxyl groups is 4. The van der Waals surface area contributed by atoms with Gasteiger partial charge in [-0.1, -0.05) is 6.08 Å². The zero-order chi connectivity index (χ0) is 10.9. The van der Waals surface area contributed by atoms with Crippen LogP contribution in [0.4, 0.5) is 0 Å². The molecule has 0 radical (unpaired) electrons. The van der Waals surface area contributed by atoms with Crippen LogP contribution in [0.3, 0.4) is 0 Å². The van der Waals surface area contributed by atoms with Crippen molar-refractivity contribution < 1.29 is 25.2 Å². The summed E-state index contributed by atoms with van der Waals surface area (Å²) in [5.74, 6) is -1.86. The van der Waals surface area contributed by atoms with Gasteiger partial charge in [-0.2, -0.15) is 0 Å². The van der Waals surface area contributed by atoms with E-state index >= 15 is 0 Å². The Morgan fingerprint density at radius 3 is 2.43 bits per heavy atom. The summed E-state index contributed by atoms with van der Waals surface area (Å²) >= 11 is 0.